The first-order valence-electron chi connectivity index (χ1n) is 10.4. The van der Waals surface area contributed by atoms with Crippen molar-refractivity contribution in [1.82, 2.24) is 10.6 Å². The summed E-state index contributed by atoms with van der Waals surface area (Å²) in [5, 5.41) is 5.32. The van der Waals surface area contributed by atoms with Crippen LogP contribution in [0.5, 0.6) is 5.75 Å². The van der Waals surface area contributed by atoms with Crippen LogP contribution >= 0.6 is 0 Å². The fourth-order valence-electron chi connectivity index (χ4n) is 4.08. The van der Waals surface area contributed by atoms with E-state index in [1.807, 2.05) is 42.5 Å². The Hall–Kier alpha value is -3.61. The highest BCUT2D eigenvalue weighted by Crippen LogP contribution is 2.36. The molecule has 1 heterocycles. The second-order valence-electron chi connectivity index (χ2n) is 7.96. The summed E-state index contributed by atoms with van der Waals surface area (Å²) in [6.45, 7) is 0.509. The Kier molecular flexibility index (Phi) is 6.02. The van der Waals surface area contributed by atoms with Gasteiger partial charge in [0.05, 0.1) is 6.42 Å². The van der Waals surface area contributed by atoms with Crippen LogP contribution in [0.4, 0.5) is 0 Å². The van der Waals surface area contributed by atoms with E-state index in [0.29, 0.717) is 12.5 Å². The van der Waals surface area contributed by atoms with Gasteiger partial charge in [-0.05, 0) is 48.4 Å². The fourth-order valence-corrected chi connectivity index (χ4v) is 4.08. The lowest BCUT2D eigenvalue weighted by atomic mass is 9.97. The van der Waals surface area contributed by atoms with Crippen molar-refractivity contribution < 1.29 is 19.1 Å². The zero-order chi connectivity index (χ0) is 21.8. The minimum atomic E-state index is -0.523. The number of hydrogen-bond donors (Lipinski definition) is 3. The summed E-state index contributed by atoms with van der Waals surface area (Å²) in [5.74, 6) is -0.439. The predicted molar refractivity (Wildman–Crippen MR) is 115 cm³/mol. The number of allylic oxidation sites excluding steroid dienone is 1. The van der Waals surface area contributed by atoms with Crippen LogP contribution in [0.15, 0.2) is 66.0 Å². The number of nitrogens with two attached hydrogens (primary N) is 1. The smallest absolute Gasteiger partial charge is 0.270 e. The molecule has 1 saturated carbocycles. The highest BCUT2D eigenvalue weighted by atomic mass is 16.5. The molecular weight excluding hydrogens is 394 g/mol. The summed E-state index contributed by atoms with van der Waals surface area (Å²) >= 11 is 0. The predicted octanol–water partition coefficient (Wildman–Crippen LogP) is 2.28. The lowest BCUT2D eigenvalue weighted by molar-refractivity contribution is -0.129. The van der Waals surface area contributed by atoms with Crippen molar-refractivity contribution in [3.63, 3.8) is 0 Å². The first-order valence-corrected chi connectivity index (χ1v) is 10.4. The first kappa shape index (κ1) is 20.7. The SMILES string of the molecule is NC1=C(C(=O)NC2CCC(c3cccc(OCc4ccccc4)c3)C2)NC(=O)CC1=O. The molecule has 1 aliphatic carbocycles. The Morgan fingerprint density at radius 2 is 1.90 bits per heavy atom. The molecule has 2 atom stereocenters. The molecule has 1 aliphatic heterocycles. The van der Waals surface area contributed by atoms with Gasteiger partial charge in [-0.3, -0.25) is 14.4 Å². The summed E-state index contributed by atoms with van der Waals surface area (Å²) < 4.78 is 5.93. The Morgan fingerprint density at radius 3 is 2.71 bits per heavy atom. The second-order valence-corrected chi connectivity index (χ2v) is 7.96. The number of rotatable bonds is 6. The lowest BCUT2D eigenvalue weighted by Crippen LogP contribution is -2.45. The fraction of sp³-hybridized carbons (Fsp3) is 0.292. The average molecular weight is 419 g/mol. The minimum Gasteiger partial charge on any atom is -0.489 e. The number of ether oxygens (including phenoxy) is 1. The average Bonchev–Trinajstić information content (AvgIpc) is 3.24. The van der Waals surface area contributed by atoms with Crippen LogP contribution in [-0.4, -0.2) is 23.6 Å². The van der Waals surface area contributed by atoms with Crippen molar-refractivity contribution in [2.24, 2.45) is 5.73 Å². The highest BCUT2D eigenvalue weighted by Gasteiger charge is 2.31. The van der Waals surface area contributed by atoms with Gasteiger partial charge < -0.3 is 21.1 Å². The van der Waals surface area contributed by atoms with E-state index in [9.17, 15) is 14.4 Å². The monoisotopic (exact) mass is 419 g/mol. The van der Waals surface area contributed by atoms with Gasteiger partial charge in [0.25, 0.3) is 5.91 Å². The molecule has 0 spiro atoms. The molecule has 2 aromatic rings. The number of amides is 2. The van der Waals surface area contributed by atoms with E-state index in [-0.39, 0.29) is 23.9 Å². The maximum absolute atomic E-state index is 12.5. The van der Waals surface area contributed by atoms with E-state index in [2.05, 4.69) is 22.8 Å². The van der Waals surface area contributed by atoms with E-state index in [4.69, 9.17) is 10.5 Å². The van der Waals surface area contributed by atoms with Gasteiger partial charge in [0.1, 0.15) is 23.8 Å². The van der Waals surface area contributed by atoms with Gasteiger partial charge >= 0.3 is 0 Å². The van der Waals surface area contributed by atoms with Crippen molar-refractivity contribution in [2.75, 3.05) is 0 Å². The standard InChI is InChI=1S/C24H25N3O4/c25-22-20(28)13-21(29)27-23(22)24(30)26-18-10-9-17(11-18)16-7-4-8-19(12-16)31-14-15-5-2-1-3-6-15/h1-8,12,17-18H,9-11,13-14,25H2,(H,26,30)(H,27,29). The second kappa shape index (κ2) is 9.04. The van der Waals surface area contributed by atoms with Crippen LogP contribution in [0.3, 0.4) is 0 Å². The van der Waals surface area contributed by atoms with E-state index < -0.39 is 17.6 Å². The molecule has 7 nitrogen and oxygen atoms in total. The van der Waals surface area contributed by atoms with Crippen molar-refractivity contribution in [3.05, 3.63) is 77.1 Å². The van der Waals surface area contributed by atoms with Gasteiger partial charge in [0.15, 0.2) is 5.78 Å². The van der Waals surface area contributed by atoms with Crippen molar-refractivity contribution in [3.8, 4) is 5.75 Å². The first-order chi connectivity index (χ1) is 15.0. The molecule has 0 radical (unpaired) electrons. The number of ketones is 1. The normalized spacial score (nSPS) is 21.0. The van der Waals surface area contributed by atoms with Gasteiger partial charge in [-0.1, -0.05) is 42.5 Å². The molecule has 2 aliphatic rings. The van der Waals surface area contributed by atoms with Crippen LogP contribution < -0.4 is 21.1 Å². The van der Waals surface area contributed by atoms with Gasteiger partial charge in [0.2, 0.25) is 5.91 Å². The molecule has 4 N–H and O–H groups in total. The quantitative estimate of drug-likeness (QED) is 0.622. The molecule has 2 amide bonds. The number of carbonyl (C=O) groups is 3. The molecular formula is C24H25N3O4. The molecule has 31 heavy (non-hydrogen) atoms. The number of carbonyl (C=O) groups excluding carboxylic acids is 3. The molecule has 0 bridgehead atoms. The summed E-state index contributed by atoms with van der Waals surface area (Å²) in [6, 6.07) is 18.0. The van der Waals surface area contributed by atoms with Crippen LogP contribution in [0.1, 0.15) is 42.7 Å². The van der Waals surface area contributed by atoms with E-state index in [0.717, 1.165) is 30.6 Å². The highest BCUT2D eigenvalue weighted by molar-refractivity contribution is 6.16. The molecule has 0 aromatic heterocycles. The van der Waals surface area contributed by atoms with Gasteiger partial charge in [-0.2, -0.15) is 0 Å². The Bertz CT molecular complexity index is 1030. The summed E-state index contributed by atoms with van der Waals surface area (Å²) in [7, 11) is 0. The van der Waals surface area contributed by atoms with Crippen LogP contribution in [0.2, 0.25) is 0 Å². The van der Waals surface area contributed by atoms with E-state index >= 15 is 0 Å². The largest absolute Gasteiger partial charge is 0.489 e. The molecule has 160 valence electrons. The molecule has 2 aromatic carbocycles. The third-order valence-corrected chi connectivity index (χ3v) is 5.73. The van der Waals surface area contributed by atoms with E-state index in [1.54, 1.807) is 0 Å². The number of nitrogens with one attached hydrogen (secondary N) is 2. The molecule has 0 saturated heterocycles. The molecule has 1 fully saturated rings. The number of hydrogen-bond acceptors (Lipinski definition) is 5. The maximum Gasteiger partial charge on any atom is 0.270 e. The van der Waals surface area contributed by atoms with Crippen LogP contribution in [-0.2, 0) is 21.0 Å². The van der Waals surface area contributed by atoms with Crippen molar-refractivity contribution >= 4 is 17.6 Å². The zero-order valence-electron chi connectivity index (χ0n) is 17.1. The summed E-state index contributed by atoms with van der Waals surface area (Å²) in [6.07, 6.45) is 2.17. The summed E-state index contributed by atoms with van der Waals surface area (Å²) in [5.41, 5.74) is 7.66. The third-order valence-electron chi connectivity index (χ3n) is 5.73. The zero-order valence-corrected chi connectivity index (χ0v) is 17.1. The maximum atomic E-state index is 12.5. The number of benzene rings is 2. The molecule has 2 unspecified atom stereocenters. The van der Waals surface area contributed by atoms with Crippen LogP contribution in [0, 0.1) is 0 Å². The molecule has 4 rings (SSSR count). The molecule has 7 heteroatoms. The van der Waals surface area contributed by atoms with E-state index in [1.165, 1.54) is 5.56 Å². The van der Waals surface area contributed by atoms with Crippen molar-refractivity contribution in [2.45, 2.75) is 44.2 Å². The van der Waals surface area contributed by atoms with Gasteiger partial charge in [-0.15, -0.1) is 0 Å². The topological polar surface area (TPSA) is 111 Å². The lowest BCUT2D eigenvalue weighted by Gasteiger charge is -2.19. The Balaban J connectivity index is 1.35. The van der Waals surface area contributed by atoms with Gasteiger partial charge in [-0.25, -0.2) is 0 Å². The van der Waals surface area contributed by atoms with Gasteiger partial charge in [0, 0.05) is 6.04 Å². The van der Waals surface area contributed by atoms with Crippen molar-refractivity contribution in [1.29, 1.82) is 0 Å². The minimum absolute atomic E-state index is 0.0550. The Labute approximate surface area is 180 Å². The summed E-state index contributed by atoms with van der Waals surface area (Å²) in [4.78, 5) is 35.8. The Morgan fingerprint density at radius 1 is 1.10 bits per heavy atom. The van der Waals surface area contributed by atoms with Crippen LogP contribution in [0.25, 0.3) is 0 Å². The third kappa shape index (κ3) is 4.94. The number of Topliss-reactive ketones (excluding diaryl/α,β-unsaturated/α-hetero) is 1.